The molecule has 0 spiro atoms. The van der Waals surface area contributed by atoms with Gasteiger partial charge in [-0.15, -0.1) is 0 Å². The summed E-state index contributed by atoms with van der Waals surface area (Å²) in [5, 5.41) is 31.0. The van der Waals surface area contributed by atoms with Gasteiger partial charge in [-0.2, -0.15) is 0 Å². The van der Waals surface area contributed by atoms with Crippen molar-refractivity contribution in [3.05, 3.63) is 59.2 Å². The van der Waals surface area contributed by atoms with E-state index < -0.39 is 65.5 Å². The molecule has 1 aromatic carbocycles. The maximum absolute atomic E-state index is 16.2. The average Bonchev–Trinajstić information content (AvgIpc) is 3.86. The van der Waals surface area contributed by atoms with Crippen LogP contribution < -0.4 is 15.1 Å². The highest BCUT2D eigenvalue weighted by Crippen LogP contribution is 2.45. The van der Waals surface area contributed by atoms with Crippen molar-refractivity contribution >= 4 is 34.6 Å². The highest BCUT2D eigenvalue weighted by molar-refractivity contribution is 5.98. The van der Waals surface area contributed by atoms with Crippen molar-refractivity contribution in [3.63, 3.8) is 0 Å². The van der Waals surface area contributed by atoms with Crippen molar-refractivity contribution in [2.24, 2.45) is 5.92 Å². The van der Waals surface area contributed by atoms with E-state index in [9.17, 15) is 34.5 Å². The number of amides is 1. The van der Waals surface area contributed by atoms with Crippen LogP contribution in [0.5, 0.6) is 5.75 Å². The molecule has 5 unspecified atom stereocenters. The van der Waals surface area contributed by atoms with E-state index in [1.165, 1.54) is 25.5 Å². The number of fused-ring (bicyclic) bond motifs is 2. The van der Waals surface area contributed by atoms with E-state index in [0.29, 0.717) is 32.5 Å². The molecule has 4 aliphatic rings. The summed E-state index contributed by atoms with van der Waals surface area (Å²) in [6.45, 7) is 8.07. The molecule has 0 bridgehead atoms. The number of aromatic nitrogens is 1. The van der Waals surface area contributed by atoms with Gasteiger partial charge in [-0.05, 0) is 37.7 Å². The molecule has 270 valence electrons. The van der Waals surface area contributed by atoms with Crippen molar-refractivity contribution in [2.45, 2.75) is 68.5 Å². The average molecular weight is 702 g/mol. The summed E-state index contributed by atoms with van der Waals surface area (Å²) < 4.78 is 44.4. The van der Waals surface area contributed by atoms with Crippen LogP contribution in [-0.4, -0.2) is 120 Å². The molecule has 4 fully saturated rings. The van der Waals surface area contributed by atoms with E-state index in [1.54, 1.807) is 9.47 Å². The zero-order valence-electron chi connectivity index (χ0n) is 27.4. The highest BCUT2D eigenvalue weighted by Gasteiger charge is 2.49. The minimum atomic E-state index is -1.99. The van der Waals surface area contributed by atoms with Gasteiger partial charge in [-0.25, -0.2) is 18.8 Å². The lowest BCUT2D eigenvalue weighted by Gasteiger charge is -2.38. The van der Waals surface area contributed by atoms with Gasteiger partial charge in [0, 0.05) is 31.9 Å². The molecule has 15 nitrogen and oxygen atoms in total. The second-order valence-corrected chi connectivity index (χ2v) is 12.8. The zero-order valence-corrected chi connectivity index (χ0v) is 27.4. The molecule has 16 heteroatoms. The third-order valence-electron chi connectivity index (χ3n) is 9.59. The quantitative estimate of drug-likeness (QED) is 0.184. The minimum absolute atomic E-state index is 0.0445. The van der Waals surface area contributed by atoms with Crippen LogP contribution in [0.4, 0.5) is 14.9 Å². The van der Waals surface area contributed by atoms with Gasteiger partial charge in [0.15, 0.2) is 17.7 Å². The molecule has 3 aliphatic heterocycles. The summed E-state index contributed by atoms with van der Waals surface area (Å²) in [4.78, 5) is 56.0. The smallest absolute Gasteiger partial charge is 0.410 e. The number of aliphatic hydroxyl groups excluding tert-OH is 3. The van der Waals surface area contributed by atoms with Gasteiger partial charge >= 0.3 is 18.0 Å². The van der Waals surface area contributed by atoms with Gasteiger partial charge in [-0.3, -0.25) is 4.79 Å². The molecule has 3 saturated heterocycles. The van der Waals surface area contributed by atoms with Crippen LogP contribution >= 0.6 is 0 Å². The number of ether oxygens (including phenoxy) is 5. The fourth-order valence-electron chi connectivity index (χ4n) is 7.05. The van der Waals surface area contributed by atoms with Crippen LogP contribution in [0.3, 0.4) is 0 Å². The number of halogens is 1. The second kappa shape index (κ2) is 14.4. The summed E-state index contributed by atoms with van der Waals surface area (Å²) >= 11 is 0. The maximum atomic E-state index is 16.2. The maximum Gasteiger partial charge on any atom is 0.410 e. The first-order valence-corrected chi connectivity index (χ1v) is 16.4. The van der Waals surface area contributed by atoms with Gasteiger partial charge in [-0.1, -0.05) is 25.3 Å². The molecule has 50 heavy (non-hydrogen) atoms. The number of methoxy groups -OCH3 is 1. The van der Waals surface area contributed by atoms with Crippen LogP contribution in [0.15, 0.2) is 42.4 Å². The van der Waals surface area contributed by atoms with Crippen LogP contribution in [0.25, 0.3) is 10.9 Å². The predicted octanol–water partition coefficient (Wildman–Crippen LogP) is 1.40. The largest absolute Gasteiger partial charge is 0.492 e. The first-order chi connectivity index (χ1) is 24.0. The van der Waals surface area contributed by atoms with Gasteiger partial charge < -0.3 is 53.4 Å². The van der Waals surface area contributed by atoms with Crippen molar-refractivity contribution < 1.29 is 57.8 Å². The zero-order chi connectivity index (χ0) is 35.9. The van der Waals surface area contributed by atoms with Gasteiger partial charge in [0.05, 0.1) is 24.1 Å². The number of rotatable bonds is 10. The van der Waals surface area contributed by atoms with E-state index in [-0.39, 0.29) is 53.6 Å². The Bertz CT molecular complexity index is 1740. The van der Waals surface area contributed by atoms with E-state index >= 15 is 4.39 Å². The number of carbonyl (C=O) groups is 3. The first kappa shape index (κ1) is 35.3. The standard InChI is InChI=1S/C34H40FN3O12/c1-4-11-47-32(44)30-27(41)26(40)28(42)33(49-30)50-31(43)20-15-38(18-8-9-18)23-19(25(20)39)13-21(35)24(29(23)46-3)36-14-17-7-6-10-37(22(17)16-36)34(45)48-12-5-2/h4-5,13,15,17-18,22,26-28,30,33,40-42H,1-2,6-12,14,16H2,3H3/t17-,22+,26?,27?,28?,30?,33?/m0/s1. The molecular formula is C34H40FN3O12. The molecule has 3 N–H and O–H groups in total. The molecular weight excluding hydrogens is 661 g/mol. The summed E-state index contributed by atoms with van der Waals surface area (Å²) in [5.74, 6) is -3.03. The number of anilines is 1. The summed E-state index contributed by atoms with van der Waals surface area (Å²) in [6, 6.07) is 0.649. The fourth-order valence-corrected chi connectivity index (χ4v) is 7.05. The minimum Gasteiger partial charge on any atom is -0.492 e. The molecule has 1 aliphatic carbocycles. The number of nitrogens with zero attached hydrogens (tertiary/aromatic N) is 3. The van der Waals surface area contributed by atoms with Crippen LogP contribution in [0, 0.1) is 11.7 Å². The number of likely N-dealkylation sites (tertiary alicyclic amines) is 1. The topological polar surface area (TPSA) is 187 Å². The fraction of sp³-hybridized carbons (Fsp3) is 0.529. The number of esters is 2. The Labute approximate surface area is 286 Å². The number of benzene rings is 1. The Kier molecular flexibility index (Phi) is 10.2. The summed E-state index contributed by atoms with van der Waals surface area (Å²) in [7, 11) is 1.36. The number of pyridine rings is 1. The third kappa shape index (κ3) is 6.43. The summed E-state index contributed by atoms with van der Waals surface area (Å²) in [6.07, 6.45) is -3.15. The molecule has 1 saturated carbocycles. The predicted molar refractivity (Wildman–Crippen MR) is 173 cm³/mol. The van der Waals surface area contributed by atoms with Crippen molar-refractivity contribution in [3.8, 4) is 5.75 Å². The second-order valence-electron chi connectivity index (χ2n) is 12.8. The van der Waals surface area contributed by atoms with Crippen molar-refractivity contribution in [1.82, 2.24) is 9.47 Å². The number of carbonyl (C=O) groups excluding carboxylic acids is 3. The number of aliphatic hydroxyl groups is 3. The first-order valence-electron chi connectivity index (χ1n) is 16.4. The Morgan fingerprint density at radius 3 is 2.44 bits per heavy atom. The van der Waals surface area contributed by atoms with E-state index in [4.69, 9.17) is 23.7 Å². The van der Waals surface area contributed by atoms with E-state index in [1.807, 2.05) is 4.90 Å². The Morgan fingerprint density at radius 2 is 1.76 bits per heavy atom. The lowest BCUT2D eigenvalue weighted by Crippen LogP contribution is -2.61. The van der Waals surface area contributed by atoms with Crippen LogP contribution in [0.2, 0.25) is 0 Å². The third-order valence-corrected chi connectivity index (χ3v) is 9.59. The van der Waals surface area contributed by atoms with Crippen LogP contribution in [-0.2, 0) is 23.7 Å². The lowest BCUT2D eigenvalue weighted by molar-refractivity contribution is -0.279. The van der Waals surface area contributed by atoms with Crippen molar-refractivity contribution in [2.75, 3.05) is 44.9 Å². The lowest BCUT2D eigenvalue weighted by atomic mass is 9.92. The molecule has 0 radical (unpaired) electrons. The molecule has 2 aromatic rings. The molecule has 1 amide bonds. The Morgan fingerprint density at radius 1 is 1.04 bits per heavy atom. The number of piperidine rings is 1. The number of hydrogen-bond donors (Lipinski definition) is 3. The normalized spacial score (nSPS) is 27.7. The Hall–Kier alpha value is -4.51. The van der Waals surface area contributed by atoms with Crippen LogP contribution in [0.1, 0.15) is 42.1 Å². The molecule has 4 heterocycles. The SMILES string of the molecule is C=CCOC(=O)C1OC(OC(=O)c2cn(C3CC3)c3c(OC)c(N4C[C@@H]5CCCN(C(=O)OCC=C)[C@@H]5C4)c(F)cc3c2=O)C(O)C(O)C1O. The van der Waals surface area contributed by atoms with E-state index in [2.05, 4.69) is 13.2 Å². The van der Waals surface area contributed by atoms with Gasteiger partial charge in [0.1, 0.15) is 42.8 Å². The van der Waals surface area contributed by atoms with Crippen molar-refractivity contribution in [1.29, 1.82) is 0 Å². The van der Waals surface area contributed by atoms with E-state index in [0.717, 1.165) is 18.9 Å². The monoisotopic (exact) mass is 701 g/mol. The summed E-state index contributed by atoms with van der Waals surface area (Å²) in [5.41, 5.74) is -1.03. The Balaban J connectivity index is 1.33. The molecule has 1 aromatic heterocycles. The number of hydrogen-bond acceptors (Lipinski definition) is 13. The van der Waals surface area contributed by atoms with Gasteiger partial charge in [0.2, 0.25) is 11.7 Å². The molecule has 7 atom stereocenters. The molecule has 6 rings (SSSR count). The van der Waals surface area contributed by atoms with Gasteiger partial charge in [0.25, 0.3) is 0 Å². The highest BCUT2D eigenvalue weighted by atomic mass is 19.1.